The predicted octanol–water partition coefficient (Wildman–Crippen LogP) is 0.918. The molecule has 19 heavy (non-hydrogen) atoms. The summed E-state index contributed by atoms with van der Waals surface area (Å²) in [7, 11) is -2.82. The van der Waals surface area contributed by atoms with Gasteiger partial charge in [0.2, 0.25) is 0 Å². The average molecular weight is 283 g/mol. The molecule has 5 heteroatoms. The maximum Gasteiger partial charge on any atom is 0.150 e. The van der Waals surface area contributed by atoms with Gasteiger partial charge >= 0.3 is 0 Å². The number of sulfone groups is 1. The summed E-state index contributed by atoms with van der Waals surface area (Å²) >= 11 is 0. The van der Waals surface area contributed by atoms with Gasteiger partial charge < -0.3 is 10.4 Å². The van der Waals surface area contributed by atoms with Gasteiger partial charge in [-0.3, -0.25) is 0 Å². The van der Waals surface area contributed by atoms with E-state index in [0.29, 0.717) is 18.8 Å². The molecule has 0 aliphatic carbocycles. The fourth-order valence-electron chi connectivity index (χ4n) is 2.45. The van der Waals surface area contributed by atoms with Crippen LogP contribution in [0.15, 0.2) is 30.3 Å². The minimum absolute atomic E-state index is 0.177. The lowest BCUT2D eigenvalue weighted by Crippen LogP contribution is -2.37. The first-order valence-electron chi connectivity index (χ1n) is 6.58. The van der Waals surface area contributed by atoms with E-state index in [-0.39, 0.29) is 11.7 Å². The average Bonchev–Trinajstić information content (AvgIpc) is 2.70. The third-order valence-corrected chi connectivity index (χ3v) is 5.46. The van der Waals surface area contributed by atoms with E-state index in [1.54, 1.807) is 6.92 Å². The van der Waals surface area contributed by atoms with Crippen molar-refractivity contribution in [3.8, 4) is 0 Å². The molecule has 1 aliphatic rings. The Bertz CT molecular complexity index is 511. The van der Waals surface area contributed by atoms with Crippen molar-refractivity contribution in [1.82, 2.24) is 5.32 Å². The molecule has 1 aromatic carbocycles. The van der Waals surface area contributed by atoms with Crippen LogP contribution in [0.5, 0.6) is 0 Å². The van der Waals surface area contributed by atoms with Gasteiger partial charge in [0, 0.05) is 6.54 Å². The van der Waals surface area contributed by atoms with Gasteiger partial charge in [0.15, 0.2) is 9.84 Å². The Hall–Kier alpha value is -0.910. The van der Waals surface area contributed by atoms with Gasteiger partial charge in [-0.1, -0.05) is 30.3 Å². The van der Waals surface area contributed by atoms with Crippen LogP contribution in [0.3, 0.4) is 0 Å². The summed E-state index contributed by atoms with van der Waals surface area (Å²) in [6.45, 7) is 2.83. The van der Waals surface area contributed by atoms with Crippen molar-refractivity contribution in [2.45, 2.75) is 18.9 Å². The Morgan fingerprint density at radius 3 is 2.63 bits per heavy atom. The molecule has 1 aliphatic heterocycles. The van der Waals surface area contributed by atoms with Crippen molar-refractivity contribution in [2.24, 2.45) is 5.92 Å². The van der Waals surface area contributed by atoms with E-state index in [9.17, 15) is 13.5 Å². The molecule has 0 aromatic heterocycles. The molecular weight excluding hydrogens is 262 g/mol. The summed E-state index contributed by atoms with van der Waals surface area (Å²) < 4.78 is 22.7. The summed E-state index contributed by atoms with van der Waals surface area (Å²) in [5.74, 6) is 0.749. The number of hydrogen-bond donors (Lipinski definition) is 2. The molecule has 106 valence electrons. The Labute approximate surface area is 114 Å². The van der Waals surface area contributed by atoms with E-state index < -0.39 is 15.4 Å². The molecule has 2 atom stereocenters. The monoisotopic (exact) mass is 283 g/mol. The second-order valence-corrected chi connectivity index (χ2v) is 7.77. The van der Waals surface area contributed by atoms with E-state index in [1.807, 2.05) is 30.3 Å². The number of benzene rings is 1. The molecule has 0 radical (unpaired) electrons. The zero-order valence-electron chi connectivity index (χ0n) is 11.2. The summed E-state index contributed by atoms with van der Waals surface area (Å²) in [6, 6.07) is 9.49. The van der Waals surface area contributed by atoms with Gasteiger partial charge in [0.1, 0.15) is 0 Å². The highest BCUT2D eigenvalue weighted by Crippen LogP contribution is 2.20. The highest BCUT2D eigenvalue weighted by Gasteiger charge is 2.28. The zero-order chi connectivity index (χ0) is 13.9. The Morgan fingerprint density at radius 2 is 2.05 bits per heavy atom. The Morgan fingerprint density at radius 1 is 1.37 bits per heavy atom. The quantitative estimate of drug-likeness (QED) is 0.843. The summed E-state index contributed by atoms with van der Waals surface area (Å²) in [5.41, 5.74) is -0.0693. The molecule has 0 amide bonds. The van der Waals surface area contributed by atoms with Crippen molar-refractivity contribution in [3.05, 3.63) is 35.9 Å². The molecular formula is C14H21NO3S. The molecule has 1 heterocycles. The van der Waals surface area contributed by atoms with E-state index in [4.69, 9.17) is 0 Å². The molecule has 1 aromatic rings. The molecule has 2 rings (SSSR count). The SMILES string of the molecule is CC(O)(CNCC1CCS(=O)(=O)C1)c1ccccc1. The Kier molecular flexibility index (Phi) is 4.28. The second kappa shape index (κ2) is 5.61. The van der Waals surface area contributed by atoms with Crippen LogP contribution >= 0.6 is 0 Å². The smallest absolute Gasteiger partial charge is 0.150 e. The minimum atomic E-state index is -2.82. The van der Waals surface area contributed by atoms with E-state index in [0.717, 1.165) is 12.0 Å². The zero-order valence-corrected chi connectivity index (χ0v) is 12.0. The predicted molar refractivity (Wildman–Crippen MR) is 75.6 cm³/mol. The van der Waals surface area contributed by atoms with Crippen LogP contribution in [0.2, 0.25) is 0 Å². The van der Waals surface area contributed by atoms with Crippen molar-refractivity contribution in [2.75, 3.05) is 24.6 Å². The summed E-state index contributed by atoms with van der Waals surface area (Å²) in [6.07, 6.45) is 0.725. The largest absolute Gasteiger partial charge is 0.384 e. The van der Waals surface area contributed by atoms with Crippen LogP contribution < -0.4 is 5.32 Å². The lowest BCUT2D eigenvalue weighted by Gasteiger charge is -2.25. The first-order valence-corrected chi connectivity index (χ1v) is 8.40. The van der Waals surface area contributed by atoms with Crippen molar-refractivity contribution < 1.29 is 13.5 Å². The highest BCUT2D eigenvalue weighted by molar-refractivity contribution is 7.91. The van der Waals surface area contributed by atoms with Gasteiger partial charge in [-0.25, -0.2) is 8.42 Å². The Balaban J connectivity index is 1.83. The molecule has 0 spiro atoms. The highest BCUT2D eigenvalue weighted by atomic mass is 32.2. The minimum Gasteiger partial charge on any atom is -0.384 e. The van der Waals surface area contributed by atoms with Gasteiger partial charge in [-0.2, -0.15) is 0 Å². The topological polar surface area (TPSA) is 66.4 Å². The van der Waals surface area contributed by atoms with Crippen LogP contribution in [0.25, 0.3) is 0 Å². The molecule has 0 bridgehead atoms. The maximum atomic E-state index is 11.3. The first-order chi connectivity index (χ1) is 8.89. The summed E-state index contributed by atoms with van der Waals surface area (Å²) in [5, 5.41) is 13.6. The second-order valence-electron chi connectivity index (χ2n) is 5.54. The van der Waals surface area contributed by atoms with Crippen LogP contribution in [0.1, 0.15) is 18.9 Å². The van der Waals surface area contributed by atoms with Crippen LogP contribution in [-0.2, 0) is 15.4 Å². The fraction of sp³-hybridized carbons (Fsp3) is 0.571. The number of aliphatic hydroxyl groups is 1. The molecule has 0 saturated carbocycles. The number of nitrogens with one attached hydrogen (secondary N) is 1. The molecule has 4 nitrogen and oxygen atoms in total. The van der Waals surface area contributed by atoms with Crippen LogP contribution in [0, 0.1) is 5.92 Å². The van der Waals surface area contributed by atoms with Gasteiger partial charge in [-0.15, -0.1) is 0 Å². The van der Waals surface area contributed by atoms with Crippen LogP contribution in [0.4, 0.5) is 0 Å². The molecule has 2 unspecified atom stereocenters. The van der Waals surface area contributed by atoms with Gasteiger partial charge in [0.05, 0.1) is 17.1 Å². The first kappa shape index (κ1) is 14.5. The molecule has 1 saturated heterocycles. The van der Waals surface area contributed by atoms with E-state index >= 15 is 0 Å². The van der Waals surface area contributed by atoms with Gasteiger partial charge in [0.25, 0.3) is 0 Å². The number of rotatable bonds is 5. The number of hydrogen-bond acceptors (Lipinski definition) is 4. The van der Waals surface area contributed by atoms with Crippen molar-refractivity contribution >= 4 is 9.84 Å². The van der Waals surface area contributed by atoms with Crippen molar-refractivity contribution in [3.63, 3.8) is 0 Å². The maximum absolute atomic E-state index is 11.3. The van der Waals surface area contributed by atoms with Gasteiger partial charge in [-0.05, 0) is 31.4 Å². The lowest BCUT2D eigenvalue weighted by molar-refractivity contribution is 0.0563. The van der Waals surface area contributed by atoms with E-state index in [1.165, 1.54) is 0 Å². The third kappa shape index (κ3) is 4.03. The molecule has 2 N–H and O–H groups in total. The van der Waals surface area contributed by atoms with Crippen LogP contribution in [-0.4, -0.2) is 38.1 Å². The van der Waals surface area contributed by atoms with E-state index in [2.05, 4.69) is 5.32 Å². The lowest BCUT2D eigenvalue weighted by atomic mass is 9.96. The third-order valence-electron chi connectivity index (χ3n) is 3.62. The van der Waals surface area contributed by atoms with Crippen molar-refractivity contribution in [1.29, 1.82) is 0 Å². The standard InChI is InChI=1S/C14H21NO3S/c1-14(16,13-5-3-2-4-6-13)11-15-9-12-7-8-19(17,18)10-12/h2-6,12,15-16H,7-11H2,1H3. The molecule has 1 fully saturated rings. The normalized spacial score (nSPS) is 25.1. The fourth-order valence-corrected chi connectivity index (χ4v) is 4.31. The summed E-state index contributed by atoms with van der Waals surface area (Å²) in [4.78, 5) is 0.